The van der Waals surface area contributed by atoms with Crippen LogP contribution in [-0.4, -0.2) is 11.8 Å². The second-order valence-electron chi connectivity index (χ2n) is 4.13. The zero-order valence-electron chi connectivity index (χ0n) is 10.6. The molecule has 0 radical (unpaired) electrons. The fourth-order valence-corrected chi connectivity index (χ4v) is 1.63. The van der Waals surface area contributed by atoms with E-state index in [4.69, 9.17) is 11.6 Å². The average Bonchev–Trinajstić information content (AvgIpc) is 2.48. The summed E-state index contributed by atoms with van der Waals surface area (Å²) in [6.45, 7) is 0. The van der Waals surface area contributed by atoms with Gasteiger partial charge in [-0.2, -0.15) is 0 Å². The number of hydrazine groups is 1. The zero-order chi connectivity index (χ0) is 14.5. The van der Waals surface area contributed by atoms with Gasteiger partial charge >= 0.3 is 0 Å². The Morgan fingerprint density at radius 2 is 1.30 bits per heavy atom. The van der Waals surface area contributed by atoms with Crippen LogP contribution < -0.4 is 22.3 Å². The maximum atomic E-state index is 11.9. The van der Waals surface area contributed by atoms with Crippen LogP contribution in [0.2, 0.25) is 0 Å². The Balaban J connectivity index is 2.08. The van der Waals surface area contributed by atoms with Crippen LogP contribution in [0.25, 0.3) is 0 Å². The Bertz CT molecular complexity index is 621. The molecule has 2 aromatic carbocycles. The van der Waals surface area contributed by atoms with Gasteiger partial charge in [0.25, 0.3) is 11.8 Å². The second kappa shape index (κ2) is 5.85. The Morgan fingerprint density at radius 3 is 1.85 bits per heavy atom. The van der Waals surface area contributed by atoms with Crippen LogP contribution in [0.4, 0.5) is 11.4 Å². The number of hydrogen-bond acceptors (Lipinski definition) is 4. The van der Waals surface area contributed by atoms with E-state index in [0.29, 0.717) is 22.5 Å². The SMILES string of the molecule is NNC(=O)c1ccc(NC(=O)c2ccc(N)cc2)cc1. The summed E-state index contributed by atoms with van der Waals surface area (Å²) in [4.78, 5) is 23.2. The molecule has 0 spiro atoms. The van der Waals surface area contributed by atoms with E-state index in [1.807, 2.05) is 5.43 Å². The molecule has 102 valence electrons. The van der Waals surface area contributed by atoms with Crippen molar-refractivity contribution in [1.29, 1.82) is 0 Å². The van der Waals surface area contributed by atoms with Gasteiger partial charge in [0.05, 0.1) is 0 Å². The molecule has 6 heteroatoms. The lowest BCUT2D eigenvalue weighted by Crippen LogP contribution is -2.29. The molecule has 0 aliphatic rings. The van der Waals surface area contributed by atoms with Crippen molar-refractivity contribution in [2.24, 2.45) is 5.84 Å². The third-order valence-electron chi connectivity index (χ3n) is 2.71. The molecule has 20 heavy (non-hydrogen) atoms. The Morgan fingerprint density at radius 1 is 0.800 bits per heavy atom. The van der Waals surface area contributed by atoms with Gasteiger partial charge in [-0.25, -0.2) is 5.84 Å². The topological polar surface area (TPSA) is 110 Å². The van der Waals surface area contributed by atoms with Gasteiger partial charge in [0.15, 0.2) is 0 Å². The number of nitrogen functional groups attached to an aromatic ring is 2. The Hall–Kier alpha value is -2.86. The van der Waals surface area contributed by atoms with Crippen molar-refractivity contribution in [1.82, 2.24) is 5.43 Å². The van der Waals surface area contributed by atoms with Gasteiger partial charge in [-0.15, -0.1) is 0 Å². The van der Waals surface area contributed by atoms with Gasteiger partial charge < -0.3 is 11.1 Å². The van der Waals surface area contributed by atoms with Crippen molar-refractivity contribution in [3.63, 3.8) is 0 Å². The molecule has 0 aliphatic heterocycles. The highest BCUT2D eigenvalue weighted by atomic mass is 16.2. The standard InChI is InChI=1S/C14H14N4O2/c15-11-5-1-9(2-6-11)13(19)17-12-7-3-10(4-8-12)14(20)18-16/h1-8H,15-16H2,(H,17,19)(H,18,20). The van der Waals surface area contributed by atoms with E-state index >= 15 is 0 Å². The molecule has 2 amide bonds. The summed E-state index contributed by atoms with van der Waals surface area (Å²) in [6.07, 6.45) is 0. The predicted molar refractivity (Wildman–Crippen MR) is 76.9 cm³/mol. The molecule has 0 unspecified atom stereocenters. The summed E-state index contributed by atoms with van der Waals surface area (Å²) in [7, 11) is 0. The molecule has 0 saturated carbocycles. The first-order valence-electron chi connectivity index (χ1n) is 5.88. The summed E-state index contributed by atoms with van der Waals surface area (Å²) in [5.74, 6) is 4.39. The molecule has 0 atom stereocenters. The maximum absolute atomic E-state index is 11.9. The van der Waals surface area contributed by atoms with Crippen LogP contribution >= 0.6 is 0 Å². The zero-order valence-corrected chi connectivity index (χ0v) is 10.6. The second-order valence-corrected chi connectivity index (χ2v) is 4.13. The number of carbonyl (C=O) groups excluding carboxylic acids is 2. The van der Waals surface area contributed by atoms with Crippen LogP contribution in [0, 0.1) is 0 Å². The van der Waals surface area contributed by atoms with E-state index in [1.165, 1.54) is 0 Å². The number of rotatable bonds is 3. The molecule has 6 nitrogen and oxygen atoms in total. The lowest BCUT2D eigenvalue weighted by molar-refractivity contribution is 0.0953. The average molecular weight is 270 g/mol. The summed E-state index contributed by atoms with van der Waals surface area (Å²) < 4.78 is 0. The first kappa shape index (κ1) is 13.6. The highest BCUT2D eigenvalue weighted by molar-refractivity contribution is 6.04. The molecule has 0 saturated heterocycles. The minimum Gasteiger partial charge on any atom is -0.399 e. The molecule has 0 heterocycles. The number of hydrogen-bond donors (Lipinski definition) is 4. The number of nitrogens with one attached hydrogen (secondary N) is 2. The van der Waals surface area contributed by atoms with Crippen molar-refractivity contribution in [2.75, 3.05) is 11.1 Å². The first-order valence-corrected chi connectivity index (χ1v) is 5.88. The number of anilines is 2. The van der Waals surface area contributed by atoms with Crippen molar-refractivity contribution in [2.45, 2.75) is 0 Å². The molecule has 2 aromatic rings. The first-order chi connectivity index (χ1) is 9.60. The molecule has 0 fully saturated rings. The smallest absolute Gasteiger partial charge is 0.265 e. The lowest BCUT2D eigenvalue weighted by atomic mass is 10.1. The van der Waals surface area contributed by atoms with Crippen LogP contribution in [0.3, 0.4) is 0 Å². The quantitative estimate of drug-likeness (QED) is 0.290. The van der Waals surface area contributed by atoms with Gasteiger partial charge in [-0.3, -0.25) is 15.0 Å². The molecular weight excluding hydrogens is 256 g/mol. The molecule has 0 aromatic heterocycles. The van der Waals surface area contributed by atoms with E-state index in [2.05, 4.69) is 5.32 Å². The van der Waals surface area contributed by atoms with E-state index in [1.54, 1.807) is 48.5 Å². The predicted octanol–water partition coefficient (Wildman–Crippen LogP) is 1.12. The van der Waals surface area contributed by atoms with Gasteiger partial charge in [0.2, 0.25) is 0 Å². The molecule has 0 aliphatic carbocycles. The van der Waals surface area contributed by atoms with Crippen molar-refractivity contribution < 1.29 is 9.59 Å². The van der Waals surface area contributed by atoms with E-state index in [-0.39, 0.29) is 11.8 Å². The molecule has 0 bridgehead atoms. The van der Waals surface area contributed by atoms with Gasteiger partial charge in [0.1, 0.15) is 0 Å². The number of nitrogens with two attached hydrogens (primary N) is 2. The Labute approximate surface area is 115 Å². The minimum absolute atomic E-state index is 0.249. The highest BCUT2D eigenvalue weighted by Gasteiger charge is 2.07. The summed E-state index contributed by atoms with van der Waals surface area (Å²) >= 11 is 0. The monoisotopic (exact) mass is 270 g/mol. The van der Waals surface area contributed by atoms with E-state index < -0.39 is 0 Å². The number of amides is 2. The summed E-state index contributed by atoms with van der Waals surface area (Å²) in [6, 6.07) is 13.0. The number of carbonyl (C=O) groups is 2. The van der Waals surface area contributed by atoms with E-state index in [9.17, 15) is 9.59 Å². The molecule has 2 rings (SSSR count). The van der Waals surface area contributed by atoms with Crippen molar-refractivity contribution >= 4 is 23.2 Å². The van der Waals surface area contributed by atoms with Gasteiger partial charge in [0, 0.05) is 22.5 Å². The summed E-state index contributed by atoms with van der Waals surface area (Å²) in [5.41, 5.74) is 9.69. The molecular formula is C14H14N4O2. The normalized spacial score (nSPS) is 9.85. The maximum Gasteiger partial charge on any atom is 0.265 e. The van der Waals surface area contributed by atoms with Gasteiger partial charge in [-0.05, 0) is 48.5 Å². The van der Waals surface area contributed by atoms with Crippen LogP contribution in [0.1, 0.15) is 20.7 Å². The summed E-state index contributed by atoms with van der Waals surface area (Å²) in [5, 5.41) is 2.72. The van der Waals surface area contributed by atoms with E-state index in [0.717, 1.165) is 0 Å². The third-order valence-corrected chi connectivity index (χ3v) is 2.71. The van der Waals surface area contributed by atoms with Gasteiger partial charge in [-0.1, -0.05) is 0 Å². The fourth-order valence-electron chi connectivity index (χ4n) is 1.63. The highest BCUT2D eigenvalue weighted by Crippen LogP contribution is 2.12. The molecule has 6 N–H and O–H groups in total. The lowest BCUT2D eigenvalue weighted by Gasteiger charge is -2.06. The van der Waals surface area contributed by atoms with Crippen LogP contribution in [0.15, 0.2) is 48.5 Å². The van der Waals surface area contributed by atoms with Crippen molar-refractivity contribution in [3.8, 4) is 0 Å². The third kappa shape index (κ3) is 3.12. The number of benzene rings is 2. The fraction of sp³-hybridized carbons (Fsp3) is 0. The van der Waals surface area contributed by atoms with Crippen molar-refractivity contribution in [3.05, 3.63) is 59.7 Å². The Kier molecular flexibility index (Phi) is 3.97. The van der Waals surface area contributed by atoms with Crippen LogP contribution in [-0.2, 0) is 0 Å². The van der Waals surface area contributed by atoms with Crippen LogP contribution in [0.5, 0.6) is 0 Å². The minimum atomic E-state index is -0.388. The largest absolute Gasteiger partial charge is 0.399 e.